The molecule has 0 amide bonds. The summed E-state index contributed by atoms with van der Waals surface area (Å²) in [6, 6.07) is 3.09. The van der Waals surface area contributed by atoms with E-state index < -0.39 is 11.7 Å². The maximum Gasteiger partial charge on any atom is 0.420 e. The van der Waals surface area contributed by atoms with E-state index in [-0.39, 0.29) is 5.75 Å². The van der Waals surface area contributed by atoms with Crippen LogP contribution in [-0.2, 0) is 12.6 Å². The molecule has 6 heteroatoms. The van der Waals surface area contributed by atoms with Crippen molar-refractivity contribution in [1.82, 2.24) is 5.32 Å². The molecule has 0 aliphatic carbocycles. The third kappa shape index (κ3) is 3.41. The van der Waals surface area contributed by atoms with E-state index in [0.29, 0.717) is 10.9 Å². The Morgan fingerprint density at radius 2 is 2.15 bits per heavy atom. The SMILES string of the molecule is COc1cc(C[C@H]2CCCN2)c(SC)cc1C(F)(F)F. The predicted octanol–water partition coefficient (Wildman–Crippen LogP) is 3.73. The number of alkyl halides is 3. The van der Waals surface area contributed by atoms with Crippen molar-refractivity contribution in [2.75, 3.05) is 19.9 Å². The third-order valence-corrected chi connectivity index (χ3v) is 4.36. The van der Waals surface area contributed by atoms with Crippen molar-refractivity contribution in [2.45, 2.75) is 36.4 Å². The fraction of sp³-hybridized carbons (Fsp3) is 0.571. The standard InChI is InChI=1S/C14H18F3NOS/c1-19-12-7-9(6-10-4-3-5-18-10)13(20-2)8-11(12)14(15,16)17/h7-8,10,18H,3-6H2,1-2H3/t10-/m1/s1. The average Bonchev–Trinajstić information content (AvgIpc) is 2.89. The highest BCUT2D eigenvalue weighted by molar-refractivity contribution is 7.98. The molecule has 1 fully saturated rings. The zero-order valence-corrected chi connectivity index (χ0v) is 12.3. The molecule has 1 aliphatic heterocycles. The van der Waals surface area contributed by atoms with Crippen LogP contribution in [0.5, 0.6) is 5.75 Å². The maximum atomic E-state index is 13.0. The van der Waals surface area contributed by atoms with Gasteiger partial charge in [0.15, 0.2) is 0 Å². The van der Waals surface area contributed by atoms with Crippen LogP contribution in [0.25, 0.3) is 0 Å². The van der Waals surface area contributed by atoms with Crippen LogP contribution >= 0.6 is 11.8 Å². The smallest absolute Gasteiger partial charge is 0.420 e. The lowest BCUT2D eigenvalue weighted by Crippen LogP contribution is -2.24. The van der Waals surface area contributed by atoms with E-state index in [2.05, 4.69) is 5.32 Å². The molecule has 0 unspecified atom stereocenters. The number of rotatable bonds is 4. The molecule has 1 saturated heterocycles. The van der Waals surface area contributed by atoms with Crippen molar-refractivity contribution in [1.29, 1.82) is 0 Å². The lowest BCUT2D eigenvalue weighted by atomic mass is 10.0. The first-order valence-electron chi connectivity index (χ1n) is 6.51. The zero-order valence-electron chi connectivity index (χ0n) is 11.5. The first-order chi connectivity index (χ1) is 9.45. The van der Waals surface area contributed by atoms with Crippen LogP contribution in [0, 0.1) is 0 Å². The quantitative estimate of drug-likeness (QED) is 0.857. The van der Waals surface area contributed by atoms with Crippen molar-refractivity contribution < 1.29 is 17.9 Å². The fourth-order valence-corrected chi connectivity index (χ4v) is 3.18. The van der Waals surface area contributed by atoms with Gasteiger partial charge in [-0.2, -0.15) is 13.2 Å². The summed E-state index contributed by atoms with van der Waals surface area (Å²) in [5.74, 6) is -0.0942. The second-order valence-corrected chi connectivity index (χ2v) is 5.71. The van der Waals surface area contributed by atoms with Crippen LogP contribution in [0.3, 0.4) is 0 Å². The molecule has 0 saturated carbocycles. The van der Waals surface area contributed by atoms with E-state index in [0.717, 1.165) is 31.4 Å². The first-order valence-corrected chi connectivity index (χ1v) is 7.73. The van der Waals surface area contributed by atoms with Gasteiger partial charge in [0.05, 0.1) is 12.7 Å². The molecule has 1 heterocycles. The van der Waals surface area contributed by atoms with E-state index in [1.807, 2.05) is 0 Å². The van der Waals surface area contributed by atoms with Gasteiger partial charge in [0, 0.05) is 10.9 Å². The van der Waals surface area contributed by atoms with Crippen molar-refractivity contribution in [3.8, 4) is 5.75 Å². The minimum absolute atomic E-state index is 0.0942. The van der Waals surface area contributed by atoms with E-state index in [4.69, 9.17) is 4.74 Å². The highest BCUT2D eigenvalue weighted by atomic mass is 32.2. The second kappa shape index (κ2) is 6.26. The molecule has 0 aromatic heterocycles. The first kappa shape index (κ1) is 15.5. The number of hydrogen-bond acceptors (Lipinski definition) is 3. The Hall–Kier alpha value is -0.880. The van der Waals surface area contributed by atoms with Crippen LogP contribution in [0.2, 0.25) is 0 Å². The molecule has 1 aromatic rings. The lowest BCUT2D eigenvalue weighted by Gasteiger charge is -2.18. The van der Waals surface area contributed by atoms with Crippen molar-refractivity contribution in [3.63, 3.8) is 0 Å². The van der Waals surface area contributed by atoms with Gasteiger partial charge in [-0.1, -0.05) is 0 Å². The van der Waals surface area contributed by atoms with Crippen LogP contribution < -0.4 is 10.1 Å². The lowest BCUT2D eigenvalue weighted by molar-refractivity contribution is -0.138. The molecule has 1 atom stereocenters. The molecule has 20 heavy (non-hydrogen) atoms. The molecule has 0 spiro atoms. The Morgan fingerprint density at radius 1 is 1.40 bits per heavy atom. The minimum Gasteiger partial charge on any atom is -0.496 e. The normalized spacial score (nSPS) is 19.4. The van der Waals surface area contributed by atoms with E-state index in [1.54, 1.807) is 6.26 Å². The number of thioether (sulfide) groups is 1. The van der Waals surface area contributed by atoms with Gasteiger partial charge in [-0.05, 0) is 49.8 Å². The molecule has 1 aliphatic rings. The predicted molar refractivity (Wildman–Crippen MR) is 74.5 cm³/mol. The van der Waals surface area contributed by atoms with Gasteiger partial charge in [0.2, 0.25) is 0 Å². The van der Waals surface area contributed by atoms with Crippen molar-refractivity contribution >= 4 is 11.8 Å². The monoisotopic (exact) mass is 305 g/mol. The van der Waals surface area contributed by atoms with E-state index in [1.165, 1.54) is 31.0 Å². The topological polar surface area (TPSA) is 21.3 Å². The molecule has 2 nitrogen and oxygen atoms in total. The number of halogens is 3. The largest absolute Gasteiger partial charge is 0.496 e. The van der Waals surface area contributed by atoms with Gasteiger partial charge in [-0.15, -0.1) is 11.8 Å². The summed E-state index contributed by atoms with van der Waals surface area (Å²) in [5, 5.41) is 3.37. The summed E-state index contributed by atoms with van der Waals surface area (Å²) < 4.78 is 43.9. The molecule has 0 bridgehead atoms. The van der Waals surface area contributed by atoms with Crippen molar-refractivity contribution in [3.05, 3.63) is 23.3 Å². The summed E-state index contributed by atoms with van der Waals surface area (Å²) in [6.07, 6.45) is 0.340. The Balaban J connectivity index is 2.36. The van der Waals surface area contributed by atoms with E-state index in [9.17, 15) is 13.2 Å². The number of hydrogen-bond donors (Lipinski definition) is 1. The number of methoxy groups -OCH3 is 1. The number of ether oxygens (including phenoxy) is 1. The number of benzene rings is 1. The zero-order chi connectivity index (χ0) is 14.8. The molecule has 2 rings (SSSR count). The van der Waals surface area contributed by atoms with Gasteiger partial charge < -0.3 is 10.1 Å². The Morgan fingerprint density at radius 3 is 2.65 bits per heavy atom. The van der Waals surface area contributed by atoms with Gasteiger partial charge >= 0.3 is 6.18 Å². The molecular formula is C14H18F3NOS. The van der Waals surface area contributed by atoms with Crippen molar-refractivity contribution in [2.24, 2.45) is 0 Å². The van der Waals surface area contributed by atoms with Crippen LogP contribution in [0.4, 0.5) is 13.2 Å². The summed E-state index contributed by atoms with van der Waals surface area (Å²) in [6.45, 7) is 0.983. The molecule has 0 radical (unpaired) electrons. The Labute approximate surface area is 121 Å². The van der Waals surface area contributed by atoms with Crippen LogP contribution in [0.15, 0.2) is 17.0 Å². The van der Waals surface area contributed by atoms with Crippen LogP contribution in [-0.4, -0.2) is 26.0 Å². The summed E-state index contributed by atoms with van der Waals surface area (Å²) in [5.41, 5.74) is 0.217. The minimum atomic E-state index is -4.39. The van der Waals surface area contributed by atoms with E-state index >= 15 is 0 Å². The van der Waals surface area contributed by atoms with Gasteiger partial charge in [0.25, 0.3) is 0 Å². The van der Waals surface area contributed by atoms with Gasteiger partial charge in [-0.3, -0.25) is 0 Å². The summed E-state index contributed by atoms with van der Waals surface area (Å²) >= 11 is 1.34. The fourth-order valence-electron chi connectivity index (χ4n) is 2.54. The highest BCUT2D eigenvalue weighted by Gasteiger charge is 2.35. The van der Waals surface area contributed by atoms with Gasteiger partial charge in [0.1, 0.15) is 5.75 Å². The van der Waals surface area contributed by atoms with Crippen LogP contribution in [0.1, 0.15) is 24.0 Å². The highest BCUT2D eigenvalue weighted by Crippen LogP contribution is 2.40. The second-order valence-electron chi connectivity index (χ2n) is 4.86. The summed E-state index contributed by atoms with van der Waals surface area (Å²) in [7, 11) is 1.28. The molecule has 1 aromatic carbocycles. The average molecular weight is 305 g/mol. The molecule has 112 valence electrons. The maximum absolute atomic E-state index is 13.0. The molecule has 1 N–H and O–H groups in total. The Kier molecular flexibility index (Phi) is 4.86. The molecular weight excluding hydrogens is 287 g/mol. The van der Waals surface area contributed by atoms with Gasteiger partial charge in [-0.25, -0.2) is 0 Å². The Bertz CT molecular complexity index is 470. The number of nitrogens with one attached hydrogen (secondary N) is 1. The third-order valence-electron chi connectivity index (χ3n) is 3.54. The summed E-state index contributed by atoms with van der Waals surface area (Å²) in [4.78, 5) is 0.673.